The van der Waals surface area contributed by atoms with Crippen LogP contribution in [0.5, 0.6) is 0 Å². The quantitative estimate of drug-likeness (QED) is 0.696. The third-order valence-corrected chi connectivity index (χ3v) is 6.94. The normalized spacial score (nSPS) is 26.8. The monoisotopic (exact) mass is 297 g/mol. The van der Waals surface area contributed by atoms with Gasteiger partial charge in [-0.05, 0) is 49.4 Å². The molecule has 2 saturated carbocycles. The van der Waals surface area contributed by atoms with Crippen molar-refractivity contribution in [1.29, 1.82) is 0 Å². The van der Waals surface area contributed by atoms with E-state index in [-0.39, 0.29) is 0 Å². The van der Waals surface area contributed by atoms with Gasteiger partial charge in [0.05, 0.1) is 6.26 Å². The lowest BCUT2D eigenvalue weighted by atomic mass is 9.99. The molecule has 0 heterocycles. The zero-order valence-corrected chi connectivity index (χ0v) is 12.4. The molecule has 0 aromatic carbocycles. The third-order valence-electron chi connectivity index (χ3n) is 4.03. The minimum Gasteiger partial charge on any atom is -0.294 e. The van der Waals surface area contributed by atoms with Gasteiger partial charge in [0.2, 0.25) is 0 Å². The van der Waals surface area contributed by atoms with Crippen molar-refractivity contribution in [3.63, 3.8) is 0 Å². The Bertz CT molecular complexity index is 265. The number of Topliss-reactive ketones (excluding diaryl/α,β-unsaturated/α-hetero) is 1. The molecule has 0 bridgehead atoms. The standard InChI is InChI=1S/C13H23OS.CHF3/c1-15(11-7-3-2-4-8-11)13-10-6-5-9-12(13)14;2-1(3)4/h11,13H,2-10H2,1H3;1H/q+1;. The molecule has 0 aliphatic heterocycles. The highest BCUT2D eigenvalue weighted by Crippen LogP contribution is 2.31. The number of ketones is 1. The highest BCUT2D eigenvalue weighted by Gasteiger charge is 2.40. The summed E-state index contributed by atoms with van der Waals surface area (Å²) in [6, 6.07) is 0. The van der Waals surface area contributed by atoms with E-state index >= 15 is 0 Å². The lowest BCUT2D eigenvalue weighted by Gasteiger charge is -2.27. The summed E-state index contributed by atoms with van der Waals surface area (Å²) in [6.45, 7) is -3.67. The van der Waals surface area contributed by atoms with Crippen LogP contribution in [0.4, 0.5) is 13.2 Å². The summed E-state index contributed by atoms with van der Waals surface area (Å²) in [4.78, 5) is 11.9. The van der Waals surface area contributed by atoms with Crippen LogP contribution in [-0.4, -0.2) is 29.2 Å². The van der Waals surface area contributed by atoms with Crippen LogP contribution >= 0.6 is 0 Å². The Hall–Kier alpha value is -0.190. The van der Waals surface area contributed by atoms with Gasteiger partial charge in [-0.1, -0.05) is 6.42 Å². The second-order valence-electron chi connectivity index (χ2n) is 5.32. The van der Waals surface area contributed by atoms with Crippen LogP contribution < -0.4 is 0 Å². The van der Waals surface area contributed by atoms with Crippen molar-refractivity contribution in [2.75, 3.05) is 6.26 Å². The van der Waals surface area contributed by atoms with Gasteiger partial charge in [-0.25, -0.2) is 0 Å². The molecule has 0 N–H and O–H groups in total. The Morgan fingerprint density at radius 3 is 2.05 bits per heavy atom. The molecule has 2 rings (SSSR count). The van der Waals surface area contributed by atoms with Gasteiger partial charge in [-0.2, -0.15) is 13.2 Å². The lowest BCUT2D eigenvalue weighted by Crippen LogP contribution is -2.39. The second kappa shape index (κ2) is 8.88. The summed E-state index contributed by atoms with van der Waals surface area (Å²) in [6.07, 6.45) is 13.9. The number of hydrogen-bond donors (Lipinski definition) is 0. The van der Waals surface area contributed by atoms with E-state index in [0.29, 0.717) is 21.9 Å². The van der Waals surface area contributed by atoms with E-state index in [1.54, 1.807) is 0 Å². The van der Waals surface area contributed by atoms with Gasteiger partial charge >= 0.3 is 6.68 Å². The van der Waals surface area contributed by atoms with Crippen molar-refractivity contribution in [1.82, 2.24) is 0 Å². The van der Waals surface area contributed by atoms with Gasteiger partial charge in [0, 0.05) is 12.8 Å². The van der Waals surface area contributed by atoms with Crippen molar-refractivity contribution >= 4 is 16.7 Å². The summed E-state index contributed by atoms with van der Waals surface area (Å²) >= 11 is 0. The van der Waals surface area contributed by atoms with Gasteiger partial charge in [0.1, 0.15) is 5.25 Å². The van der Waals surface area contributed by atoms with Crippen molar-refractivity contribution < 1.29 is 18.0 Å². The Kier molecular flexibility index (Phi) is 7.88. The van der Waals surface area contributed by atoms with Crippen LogP contribution in [0.3, 0.4) is 0 Å². The highest BCUT2D eigenvalue weighted by molar-refractivity contribution is 7.98. The fraction of sp³-hybridized carbons (Fsp3) is 0.929. The smallest absolute Gasteiger partial charge is 0.294 e. The van der Waals surface area contributed by atoms with E-state index < -0.39 is 6.68 Å². The van der Waals surface area contributed by atoms with Crippen molar-refractivity contribution in [3.8, 4) is 0 Å². The molecule has 2 aliphatic rings. The molecule has 2 aliphatic carbocycles. The van der Waals surface area contributed by atoms with E-state index in [1.807, 2.05) is 0 Å². The van der Waals surface area contributed by atoms with Gasteiger partial charge < -0.3 is 0 Å². The number of rotatable bonds is 2. The fourth-order valence-electron chi connectivity index (χ4n) is 3.01. The average Bonchev–Trinajstić information content (AvgIpc) is 2.39. The molecular weight excluding hydrogens is 273 g/mol. The van der Waals surface area contributed by atoms with E-state index in [9.17, 15) is 18.0 Å². The topological polar surface area (TPSA) is 17.1 Å². The number of alkyl halides is 3. The number of hydrogen-bond acceptors (Lipinski definition) is 1. The molecule has 0 radical (unpaired) electrons. The molecule has 2 unspecified atom stereocenters. The SMILES string of the molecule is C[S+](C1CCCCC1)C1CCCCC1=O.FC(F)F. The molecular formula is C14H24F3OS+. The van der Waals surface area contributed by atoms with Crippen molar-refractivity contribution in [2.24, 2.45) is 0 Å². The summed E-state index contributed by atoms with van der Waals surface area (Å²) in [5.74, 6) is 0.581. The molecule has 1 nitrogen and oxygen atoms in total. The largest absolute Gasteiger partial charge is 0.379 e. The van der Waals surface area contributed by atoms with E-state index in [0.717, 1.165) is 18.1 Å². The Balaban J connectivity index is 0.000000399. The summed E-state index contributed by atoms with van der Waals surface area (Å²) in [7, 11) is 0.377. The third kappa shape index (κ3) is 6.19. The molecule has 0 aromatic rings. The lowest BCUT2D eigenvalue weighted by molar-refractivity contribution is -0.119. The van der Waals surface area contributed by atoms with Gasteiger partial charge in [0.25, 0.3) is 0 Å². The van der Waals surface area contributed by atoms with E-state index in [2.05, 4.69) is 6.26 Å². The Morgan fingerprint density at radius 1 is 1.00 bits per heavy atom. The molecule has 0 saturated heterocycles. The maximum absolute atomic E-state index is 11.9. The maximum atomic E-state index is 11.9. The molecule has 19 heavy (non-hydrogen) atoms. The zero-order chi connectivity index (χ0) is 14.3. The van der Waals surface area contributed by atoms with Gasteiger partial charge in [0.15, 0.2) is 11.0 Å². The second-order valence-corrected chi connectivity index (χ2v) is 7.77. The Morgan fingerprint density at radius 2 is 1.53 bits per heavy atom. The predicted molar refractivity (Wildman–Crippen MR) is 74.5 cm³/mol. The minimum atomic E-state index is -3.67. The molecule has 0 amide bonds. The van der Waals surface area contributed by atoms with Crippen LogP contribution in [0.2, 0.25) is 0 Å². The number of halogens is 3. The van der Waals surface area contributed by atoms with Crippen LogP contribution in [-0.2, 0) is 15.7 Å². The molecule has 0 aromatic heterocycles. The highest BCUT2D eigenvalue weighted by atomic mass is 32.2. The molecule has 2 atom stereocenters. The number of carbonyl (C=O) groups excluding carboxylic acids is 1. The van der Waals surface area contributed by atoms with Crippen molar-refractivity contribution in [3.05, 3.63) is 0 Å². The van der Waals surface area contributed by atoms with E-state index in [1.165, 1.54) is 44.9 Å². The first kappa shape index (κ1) is 16.9. The van der Waals surface area contributed by atoms with Crippen LogP contribution in [0.15, 0.2) is 0 Å². The van der Waals surface area contributed by atoms with Gasteiger partial charge in [-0.15, -0.1) is 0 Å². The number of carbonyl (C=O) groups is 1. The molecule has 5 heteroatoms. The Labute approximate surface area is 116 Å². The molecule has 0 spiro atoms. The van der Waals surface area contributed by atoms with Crippen molar-refractivity contribution in [2.45, 2.75) is 75.0 Å². The summed E-state index contributed by atoms with van der Waals surface area (Å²) in [5, 5.41) is 1.33. The average molecular weight is 297 g/mol. The van der Waals surface area contributed by atoms with E-state index in [4.69, 9.17) is 0 Å². The zero-order valence-electron chi connectivity index (χ0n) is 11.5. The van der Waals surface area contributed by atoms with Gasteiger partial charge in [-0.3, -0.25) is 4.79 Å². The first-order valence-electron chi connectivity index (χ1n) is 7.11. The minimum absolute atomic E-state index is 0.377. The maximum Gasteiger partial charge on any atom is 0.379 e. The first-order valence-corrected chi connectivity index (χ1v) is 8.86. The summed E-state index contributed by atoms with van der Waals surface area (Å²) in [5.41, 5.74) is 0. The molecule has 2 fully saturated rings. The fourth-order valence-corrected chi connectivity index (χ4v) is 5.63. The van der Waals surface area contributed by atoms with Crippen LogP contribution in [0.25, 0.3) is 0 Å². The first-order chi connectivity index (χ1) is 9.02. The molecule has 112 valence electrons. The van der Waals surface area contributed by atoms with Crippen LogP contribution in [0.1, 0.15) is 57.8 Å². The summed E-state index contributed by atoms with van der Waals surface area (Å²) < 4.78 is 29.0. The van der Waals surface area contributed by atoms with Crippen LogP contribution in [0, 0.1) is 0 Å². The predicted octanol–water partition coefficient (Wildman–Crippen LogP) is 4.26.